The number of aryl methyl sites for hydroxylation is 1. The first-order valence-corrected chi connectivity index (χ1v) is 6.56. The Morgan fingerprint density at radius 2 is 2.05 bits per heavy atom. The van der Waals surface area contributed by atoms with E-state index in [-0.39, 0.29) is 18.4 Å². The van der Waals surface area contributed by atoms with Crippen LogP contribution in [-0.2, 0) is 4.79 Å². The van der Waals surface area contributed by atoms with Gasteiger partial charge in [-0.2, -0.15) is 0 Å². The van der Waals surface area contributed by atoms with Crippen molar-refractivity contribution in [1.29, 1.82) is 0 Å². The van der Waals surface area contributed by atoms with Gasteiger partial charge in [-0.3, -0.25) is 9.59 Å². The zero-order chi connectivity index (χ0) is 14.2. The molecule has 1 aromatic rings. The third-order valence-corrected chi connectivity index (χ3v) is 3.88. The van der Waals surface area contributed by atoms with Gasteiger partial charge >= 0.3 is 5.97 Å². The first-order valence-electron chi connectivity index (χ1n) is 6.18. The zero-order valence-corrected chi connectivity index (χ0v) is 11.6. The number of carbonyl (C=O) groups excluding carboxylic acids is 1. The third-order valence-electron chi connectivity index (χ3n) is 3.65. The summed E-state index contributed by atoms with van der Waals surface area (Å²) in [5.41, 5.74) is 1.39. The Hall–Kier alpha value is -1.55. The third kappa shape index (κ3) is 2.73. The predicted octanol–water partition coefficient (Wildman–Crippen LogP) is 2.44. The number of likely N-dealkylation sites (tertiary alicyclic amines) is 1. The molecule has 4 nitrogen and oxygen atoms in total. The van der Waals surface area contributed by atoms with Crippen molar-refractivity contribution < 1.29 is 14.7 Å². The fourth-order valence-corrected chi connectivity index (χ4v) is 2.62. The summed E-state index contributed by atoms with van der Waals surface area (Å²) in [4.78, 5) is 25.1. The highest BCUT2D eigenvalue weighted by molar-refractivity contribution is 6.31. The number of benzene rings is 1. The number of carboxylic acids is 1. The number of rotatable bonds is 2. The first kappa shape index (κ1) is 13.9. The monoisotopic (exact) mass is 281 g/mol. The lowest BCUT2D eigenvalue weighted by atomic mass is 9.99. The number of aliphatic carboxylic acids is 1. The molecule has 1 saturated heterocycles. The number of carboxylic acid groups (broad SMARTS) is 1. The summed E-state index contributed by atoms with van der Waals surface area (Å²) in [5, 5.41) is 9.60. The largest absolute Gasteiger partial charge is 0.481 e. The Kier molecular flexibility index (Phi) is 3.80. The van der Waals surface area contributed by atoms with E-state index in [4.69, 9.17) is 16.7 Å². The lowest BCUT2D eigenvalue weighted by Gasteiger charge is -2.17. The summed E-state index contributed by atoms with van der Waals surface area (Å²) in [6.45, 7) is 4.44. The number of nitrogens with zero attached hydrogens (tertiary/aromatic N) is 1. The Bertz CT molecular complexity index is 529. The second-order valence-electron chi connectivity index (χ2n) is 5.09. The van der Waals surface area contributed by atoms with Gasteiger partial charge < -0.3 is 10.0 Å². The molecule has 1 heterocycles. The molecule has 0 bridgehead atoms. The Balaban J connectivity index is 2.22. The molecule has 0 aliphatic carbocycles. The summed E-state index contributed by atoms with van der Waals surface area (Å²) in [5.74, 6) is -1.49. The maximum atomic E-state index is 12.4. The van der Waals surface area contributed by atoms with Crippen LogP contribution in [0.5, 0.6) is 0 Å². The maximum absolute atomic E-state index is 12.4. The molecule has 1 fully saturated rings. The quantitative estimate of drug-likeness (QED) is 0.906. The number of halogens is 1. The molecule has 0 aromatic heterocycles. The molecule has 1 aromatic carbocycles. The highest BCUT2D eigenvalue weighted by Crippen LogP contribution is 2.26. The van der Waals surface area contributed by atoms with E-state index in [1.165, 1.54) is 0 Å². The van der Waals surface area contributed by atoms with Gasteiger partial charge in [-0.05, 0) is 30.5 Å². The van der Waals surface area contributed by atoms with Crippen LogP contribution in [0.15, 0.2) is 18.2 Å². The molecule has 0 radical (unpaired) electrons. The molecule has 102 valence electrons. The van der Waals surface area contributed by atoms with Gasteiger partial charge in [0.2, 0.25) is 0 Å². The minimum absolute atomic E-state index is 0.0269. The van der Waals surface area contributed by atoms with Crippen LogP contribution in [0.1, 0.15) is 22.8 Å². The van der Waals surface area contributed by atoms with E-state index < -0.39 is 11.9 Å². The average Bonchev–Trinajstić information content (AvgIpc) is 2.74. The van der Waals surface area contributed by atoms with E-state index in [1.54, 1.807) is 23.1 Å². The molecular weight excluding hydrogens is 266 g/mol. The van der Waals surface area contributed by atoms with Crippen molar-refractivity contribution in [2.24, 2.45) is 11.8 Å². The Morgan fingerprint density at radius 3 is 2.63 bits per heavy atom. The second-order valence-corrected chi connectivity index (χ2v) is 5.53. The van der Waals surface area contributed by atoms with E-state index in [9.17, 15) is 9.59 Å². The molecule has 0 unspecified atom stereocenters. The van der Waals surface area contributed by atoms with Gasteiger partial charge in [-0.15, -0.1) is 0 Å². The van der Waals surface area contributed by atoms with Crippen LogP contribution in [0.25, 0.3) is 0 Å². The van der Waals surface area contributed by atoms with Crippen LogP contribution in [0.2, 0.25) is 5.02 Å². The summed E-state index contributed by atoms with van der Waals surface area (Å²) in [6.07, 6.45) is 0. The van der Waals surface area contributed by atoms with Gasteiger partial charge in [0, 0.05) is 23.7 Å². The molecule has 19 heavy (non-hydrogen) atoms. The van der Waals surface area contributed by atoms with E-state index in [2.05, 4.69) is 0 Å². The van der Waals surface area contributed by atoms with Crippen molar-refractivity contribution in [3.63, 3.8) is 0 Å². The first-order chi connectivity index (χ1) is 8.90. The smallest absolute Gasteiger partial charge is 0.308 e. The average molecular weight is 282 g/mol. The van der Waals surface area contributed by atoms with Crippen LogP contribution in [-0.4, -0.2) is 35.0 Å². The summed E-state index contributed by atoms with van der Waals surface area (Å²) in [6, 6.07) is 5.17. The van der Waals surface area contributed by atoms with Crippen molar-refractivity contribution >= 4 is 23.5 Å². The van der Waals surface area contributed by atoms with Crippen molar-refractivity contribution in [3.05, 3.63) is 34.3 Å². The van der Waals surface area contributed by atoms with Crippen molar-refractivity contribution in [3.8, 4) is 0 Å². The van der Waals surface area contributed by atoms with E-state index in [1.807, 2.05) is 13.8 Å². The molecule has 5 heteroatoms. The minimum Gasteiger partial charge on any atom is -0.481 e. The topological polar surface area (TPSA) is 57.6 Å². The number of hydrogen-bond acceptors (Lipinski definition) is 2. The molecule has 1 aliphatic rings. The van der Waals surface area contributed by atoms with Crippen LogP contribution < -0.4 is 0 Å². The second kappa shape index (κ2) is 5.21. The molecule has 0 spiro atoms. The van der Waals surface area contributed by atoms with Crippen LogP contribution >= 0.6 is 11.6 Å². The van der Waals surface area contributed by atoms with Gasteiger partial charge in [-0.25, -0.2) is 0 Å². The number of hydrogen-bond donors (Lipinski definition) is 1. The summed E-state index contributed by atoms with van der Waals surface area (Å²) < 4.78 is 0. The molecule has 1 aliphatic heterocycles. The summed E-state index contributed by atoms with van der Waals surface area (Å²) >= 11 is 5.91. The SMILES string of the molecule is Cc1ccc(Cl)cc1C(=O)N1C[C@@H](C)[C@H](C(=O)O)C1. The lowest BCUT2D eigenvalue weighted by Crippen LogP contribution is -2.30. The minimum atomic E-state index is -0.842. The van der Waals surface area contributed by atoms with Crippen LogP contribution in [0.3, 0.4) is 0 Å². The lowest BCUT2D eigenvalue weighted by molar-refractivity contribution is -0.142. The standard InChI is InChI=1S/C14H16ClNO3/c1-8-3-4-10(15)5-11(8)13(17)16-6-9(2)12(7-16)14(18)19/h3-5,9,12H,6-7H2,1-2H3,(H,18,19)/t9-,12-/m1/s1. The van der Waals surface area contributed by atoms with E-state index >= 15 is 0 Å². The van der Waals surface area contributed by atoms with Crippen molar-refractivity contribution in [1.82, 2.24) is 4.90 Å². The van der Waals surface area contributed by atoms with Gasteiger partial charge in [0.1, 0.15) is 0 Å². The molecule has 2 atom stereocenters. The number of carbonyl (C=O) groups is 2. The van der Waals surface area contributed by atoms with E-state index in [0.717, 1.165) is 5.56 Å². The van der Waals surface area contributed by atoms with Gasteiger partial charge in [0.15, 0.2) is 0 Å². The predicted molar refractivity (Wildman–Crippen MR) is 72.4 cm³/mol. The zero-order valence-electron chi connectivity index (χ0n) is 10.9. The molecule has 0 saturated carbocycles. The molecule has 1 amide bonds. The Labute approximate surface area is 117 Å². The van der Waals surface area contributed by atoms with Gasteiger partial charge in [0.25, 0.3) is 5.91 Å². The van der Waals surface area contributed by atoms with Crippen molar-refractivity contribution in [2.75, 3.05) is 13.1 Å². The highest BCUT2D eigenvalue weighted by atomic mass is 35.5. The molecule has 2 rings (SSSR count). The molecule has 1 N–H and O–H groups in total. The summed E-state index contributed by atoms with van der Waals surface area (Å²) in [7, 11) is 0. The Morgan fingerprint density at radius 1 is 1.37 bits per heavy atom. The van der Waals surface area contributed by atoms with Crippen molar-refractivity contribution in [2.45, 2.75) is 13.8 Å². The van der Waals surface area contributed by atoms with E-state index in [0.29, 0.717) is 17.1 Å². The molecular formula is C14H16ClNO3. The van der Waals surface area contributed by atoms with Crippen LogP contribution in [0.4, 0.5) is 0 Å². The normalized spacial score (nSPS) is 22.6. The number of amides is 1. The van der Waals surface area contributed by atoms with Crippen LogP contribution in [0, 0.1) is 18.8 Å². The fourth-order valence-electron chi connectivity index (χ4n) is 2.45. The fraction of sp³-hybridized carbons (Fsp3) is 0.429. The van der Waals surface area contributed by atoms with Gasteiger partial charge in [-0.1, -0.05) is 24.6 Å². The highest BCUT2D eigenvalue weighted by Gasteiger charge is 2.37. The maximum Gasteiger partial charge on any atom is 0.308 e. The van der Waals surface area contributed by atoms with Gasteiger partial charge in [0.05, 0.1) is 5.92 Å².